The van der Waals surface area contributed by atoms with Crippen molar-refractivity contribution in [1.82, 2.24) is 4.57 Å². The average molecular weight is 559 g/mol. The molecule has 4 aromatic rings. The Morgan fingerprint density at radius 1 is 1.00 bits per heavy atom. The monoisotopic (exact) mass is 557 g/mol. The van der Waals surface area contributed by atoms with Gasteiger partial charge in [-0.05, 0) is 67.6 Å². The molecule has 0 saturated carbocycles. The maximum absolute atomic E-state index is 14.3. The van der Waals surface area contributed by atoms with E-state index in [2.05, 4.69) is 31.9 Å². The molecule has 4 rings (SSSR count). The summed E-state index contributed by atoms with van der Waals surface area (Å²) in [4.78, 5) is 11.5. The second-order valence-corrected chi connectivity index (χ2v) is 9.05. The van der Waals surface area contributed by atoms with E-state index < -0.39 is 5.97 Å². The van der Waals surface area contributed by atoms with Gasteiger partial charge >= 0.3 is 5.97 Å². The predicted octanol–water partition coefficient (Wildman–Crippen LogP) is 7.39. The zero-order chi connectivity index (χ0) is 22.8. The summed E-state index contributed by atoms with van der Waals surface area (Å²) in [5.74, 6) is -0.742. The van der Waals surface area contributed by atoms with E-state index >= 15 is 0 Å². The number of carboxylic acid groups (broad SMARTS) is 1. The molecule has 0 radical (unpaired) electrons. The van der Waals surface area contributed by atoms with Gasteiger partial charge in [0.05, 0.1) is 11.3 Å². The van der Waals surface area contributed by atoms with Crippen LogP contribution in [-0.4, -0.2) is 15.6 Å². The number of nitrogens with zero attached hydrogens (tertiary/aromatic N) is 1. The summed E-state index contributed by atoms with van der Waals surface area (Å²) in [5.41, 5.74) is 3.95. The summed E-state index contributed by atoms with van der Waals surface area (Å²) < 4.78 is 23.8. The number of halogens is 3. The van der Waals surface area contributed by atoms with Gasteiger partial charge in [-0.25, -0.2) is 9.18 Å². The number of carbonyl (C=O) groups is 1. The summed E-state index contributed by atoms with van der Waals surface area (Å²) in [6.45, 7) is 2.02. The third-order valence-corrected chi connectivity index (χ3v) is 6.03. The van der Waals surface area contributed by atoms with Gasteiger partial charge in [0.25, 0.3) is 0 Å². The number of ether oxygens (including phenoxy) is 1. The highest BCUT2D eigenvalue weighted by molar-refractivity contribution is 9.10. The van der Waals surface area contributed by atoms with E-state index in [1.54, 1.807) is 30.3 Å². The Kier molecular flexibility index (Phi) is 6.48. The van der Waals surface area contributed by atoms with Gasteiger partial charge in [-0.3, -0.25) is 0 Å². The fraction of sp³-hybridized carbons (Fsp3) is 0.0800. The van der Waals surface area contributed by atoms with Crippen molar-refractivity contribution in [2.45, 2.75) is 13.5 Å². The van der Waals surface area contributed by atoms with E-state index in [9.17, 15) is 14.3 Å². The Morgan fingerprint density at radius 2 is 1.75 bits per heavy atom. The molecule has 0 aliphatic rings. The van der Waals surface area contributed by atoms with Crippen LogP contribution in [0.1, 0.15) is 21.6 Å². The molecule has 0 fully saturated rings. The lowest BCUT2D eigenvalue weighted by Crippen LogP contribution is -2.04. The smallest absolute Gasteiger partial charge is 0.335 e. The first-order valence-electron chi connectivity index (χ1n) is 9.72. The van der Waals surface area contributed by atoms with Crippen molar-refractivity contribution in [1.29, 1.82) is 0 Å². The molecule has 1 aromatic heterocycles. The van der Waals surface area contributed by atoms with Gasteiger partial charge in [-0.2, -0.15) is 0 Å². The molecule has 0 unspecified atom stereocenters. The van der Waals surface area contributed by atoms with Crippen LogP contribution in [0.15, 0.2) is 81.7 Å². The average Bonchev–Trinajstić information content (AvgIpc) is 3.15. The SMILES string of the molecule is Cc1ccc(-c2cc(Br)ccc2OCc2ccc(Br)cc2F)n1-c1cccc(C(=O)O)c1. The molecule has 0 amide bonds. The lowest BCUT2D eigenvalue weighted by atomic mass is 10.1. The molecule has 0 atom stereocenters. The molecular weight excluding hydrogens is 541 g/mol. The van der Waals surface area contributed by atoms with Crippen LogP contribution in [0.4, 0.5) is 4.39 Å². The van der Waals surface area contributed by atoms with Crippen molar-refractivity contribution in [3.63, 3.8) is 0 Å². The van der Waals surface area contributed by atoms with Gasteiger partial charge in [-0.15, -0.1) is 0 Å². The molecule has 1 N–H and O–H groups in total. The maximum Gasteiger partial charge on any atom is 0.335 e. The fourth-order valence-corrected chi connectivity index (χ4v) is 4.19. The summed E-state index contributed by atoms with van der Waals surface area (Å²) in [6.07, 6.45) is 0. The van der Waals surface area contributed by atoms with Gasteiger partial charge in [-0.1, -0.05) is 44.0 Å². The van der Waals surface area contributed by atoms with Gasteiger partial charge in [0.1, 0.15) is 18.2 Å². The van der Waals surface area contributed by atoms with Gasteiger partial charge in [0.15, 0.2) is 0 Å². The molecule has 162 valence electrons. The number of aromatic nitrogens is 1. The van der Waals surface area contributed by atoms with Crippen LogP contribution >= 0.6 is 31.9 Å². The number of hydrogen-bond acceptors (Lipinski definition) is 2. The van der Waals surface area contributed by atoms with Gasteiger partial charge in [0.2, 0.25) is 0 Å². The quantitative estimate of drug-likeness (QED) is 0.268. The van der Waals surface area contributed by atoms with E-state index in [1.165, 1.54) is 6.07 Å². The van der Waals surface area contributed by atoms with Crippen LogP contribution in [0.5, 0.6) is 5.75 Å². The van der Waals surface area contributed by atoms with Crippen molar-refractivity contribution in [2.24, 2.45) is 0 Å². The van der Waals surface area contributed by atoms with Crippen LogP contribution in [0.25, 0.3) is 16.9 Å². The number of carboxylic acids is 1. The summed E-state index contributed by atoms with van der Waals surface area (Å²) in [6, 6.07) is 21.2. The first-order valence-corrected chi connectivity index (χ1v) is 11.3. The van der Waals surface area contributed by atoms with Crippen molar-refractivity contribution in [3.05, 3.63) is 104 Å². The van der Waals surface area contributed by atoms with E-state index in [0.717, 1.165) is 27.1 Å². The molecule has 32 heavy (non-hydrogen) atoms. The molecule has 0 aliphatic carbocycles. The molecule has 3 aromatic carbocycles. The highest BCUT2D eigenvalue weighted by atomic mass is 79.9. The molecule has 0 saturated heterocycles. The van der Waals surface area contributed by atoms with Gasteiger partial charge in [0, 0.05) is 31.5 Å². The third-order valence-electron chi connectivity index (χ3n) is 5.04. The third kappa shape index (κ3) is 4.64. The standard InChI is InChI=1S/C25H18Br2FNO3/c1-15-5-9-23(29(15)20-4-2-3-16(11-20)25(30)31)21-12-18(26)8-10-24(21)32-14-17-6-7-19(27)13-22(17)28/h2-13H,14H2,1H3,(H,30,31). The number of benzene rings is 3. The molecule has 0 spiro atoms. The van der Waals surface area contributed by atoms with E-state index in [4.69, 9.17) is 4.74 Å². The first-order chi connectivity index (χ1) is 15.3. The lowest BCUT2D eigenvalue weighted by molar-refractivity contribution is 0.0697. The molecule has 4 nitrogen and oxygen atoms in total. The summed E-state index contributed by atoms with van der Waals surface area (Å²) in [5, 5.41) is 9.39. The van der Waals surface area contributed by atoms with Crippen molar-refractivity contribution >= 4 is 37.8 Å². The molecule has 1 heterocycles. The maximum atomic E-state index is 14.3. The molecule has 7 heteroatoms. The topological polar surface area (TPSA) is 51.5 Å². The zero-order valence-electron chi connectivity index (χ0n) is 17.0. The highest BCUT2D eigenvalue weighted by Gasteiger charge is 2.16. The predicted molar refractivity (Wildman–Crippen MR) is 129 cm³/mol. The van der Waals surface area contributed by atoms with Crippen LogP contribution in [0, 0.1) is 12.7 Å². The summed E-state index contributed by atoms with van der Waals surface area (Å²) in [7, 11) is 0. The Labute approximate surface area is 201 Å². The Hall–Kier alpha value is -2.90. The normalized spacial score (nSPS) is 10.9. The van der Waals surface area contributed by atoms with Crippen LogP contribution in [-0.2, 0) is 6.61 Å². The van der Waals surface area contributed by atoms with E-state index in [1.807, 2.05) is 47.9 Å². The second kappa shape index (κ2) is 9.30. The second-order valence-electron chi connectivity index (χ2n) is 7.22. The number of rotatable bonds is 6. The van der Waals surface area contributed by atoms with Gasteiger partial charge < -0.3 is 14.4 Å². The minimum absolute atomic E-state index is 0.0714. The first kappa shape index (κ1) is 22.3. The summed E-state index contributed by atoms with van der Waals surface area (Å²) >= 11 is 6.78. The van der Waals surface area contributed by atoms with E-state index in [0.29, 0.717) is 15.8 Å². The van der Waals surface area contributed by atoms with Crippen molar-refractivity contribution < 1.29 is 19.0 Å². The zero-order valence-corrected chi connectivity index (χ0v) is 20.2. The molecule has 0 aliphatic heterocycles. The number of aromatic carboxylic acids is 1. The number of aryl methyl sites for hydroxylation is 1. The van der Waals surface area contributed by atoms with Crippen LogP contribution < -0.4 is 4.74 Å². The van der Waals surface area contributed by atoms with E-state index in [-0.39, 0.29) is 18.0 Å². The fourth-order valence-electron chi connectivity index (χ4n) is 3.49. The lowest BCUT2D eigenvalue weighted by Gasteiger charge is -2.17. The molecule has 0 bridgehead atoms. The minimum Gasteiger partial charge on any atom is -0.488 e. The Morgan fingerprint density at radius 3 is 2.50 bits per heavy atom. The largest absolute Gasteiger partial charge is 0.488 e. The Bertz CT molecular complexity index is 1320. The Balaban J connectivity index is 1.76. The van der Waals surface area contributed by atoms with Crippen LogP contribution in [0.2, 0.25) is 0 Å². The van der Waals surface area contributed by atoms with Crippen molar-refractivity contribution in [2.75, 3.05) is 0 Å². The highest BCUT2D eigenvalue weighted by Crippen LogP contribution is 2.36. The minimum atomic E-state index is -0.985. The van der Waals surface area contributed by atoms with Crippen molar-refractivity contribution in [3.8, 4) is 22.7 Å². The molecular formula is C25H18Br2FNO3. The van der Waals surface area contributed by atoms with Crippen LogP contribution in [0.3, 0.4) is 0 Å². The number of hydrogen-bond donors (Lipinski definition) is 1.